The standard InChI is InChI=1S/C16H21BrN2O2/c1-10-7-8-14(12(17)9-10)19-16(21)15(20)18-13-6-4-3-5-11(13)2/h7-9,11,13H,3-6H2,1-2H3,(H,18,20)(H,19,21)/t11-,13-/m0/s1. The molecule has 0 radical (unpaired) electrons. The molecule has 114 valence electrons. The van der Waals surface area contributed by atoms with Crippen LogP contribution in [0.25, 0.3) is 0 Å². The van der Waals surface area contributed by atoms with Gasteiger partial charge >= 0.3 is 11.8 Å². The highest BCUT2D eigenvalue weighted by Gasteiger charge is 2.25. The summed E-state index contributed by atoms with van der Waals surface area (Å²) in [6.45, 7) is 4.09. The van der Waals surface area contributed by atoms with Crippen LogP contribution in [0.1, 0.15) is 38.2 Å². The average Bonchev–Trinajstić information content (AvgIpc) is 2.44. The number of hydrogen-bond acceptors (Lipinski definition) is 2. The normalized spacial score (nSPS) is 21.7. The highest BCUT2D eigenvalue weighted by atomic mass is 79.9. The van der Waals surface area contributed by atoms with Crippen LogP contribution in [0.4, 0.5) is 5.69 Å². The van der Waals surface area contributed by atoms with Crippen molar-refractivity contribution in [1.82, 2.24) is 5.32 Å². The summed E-state index contributed by atoms with van der Waals surface area (Å²) in [7, 11) is 0. The van der Waals surface area contributed by atoms with Crippen molar-refractivity contribution in [3.63, 3.8) is 0 Å². The van der Waals surface area contributed by atoms with Gasteiger partial charge in [-0.2, -0.15) is 0 Å². The van der Waals surface area contributed by atoms with E-state index in [1.54, 1.807) is 6.07 Å². The van der Waals surface area contributed by atoms with Crippen molar-refractivity contribution < 1.29 is 9.59 Å². The maximum atomic E-state index is 12.0. The Morgan fingerprint density at radius 1 is 1.19 bits per heavy atom. The number of nitrogens with one attached hydrogen (secondary N) is 2. The molecule has 0 spiro atoms. The van der Waals surface area contributed by atoms with Crippen molar-refractivity contribution in [2.75, 3.05) is 5.32 Å². The number of carbonyl (C=O) groups excluding carboxylic acids is 2. The van der Waals surface area contributed by atoms with Crippen LogP contribution in [-0.2, 0) is 9.59 Å². The summed E-state index contributed by atoms with van der Waals surface area (Å²) >= 11 is 3.39. The van der Waals surface area contributed by atoms with Crippen LogP contribution < -0.4 is 10.6 Å². The zero-order valence-electron chi connectivity index (χ0n) is 12.4. The van der Waals surface area contributed by atoms with Crippen molar-refractivity contribution in [3.8, 4) is 0 Å². The van der Waals surface area contributed by atoms with Crippen LogP contribution in [0.2, 0.25) is 0 Å². The van der Waals surface area contributed by atoms with Crippen LogP contribution in [0.3, 0.4) is 0 Å². The molecule has 21 heavy (non-hydrogen) atoms. The molecule has 1 saturated carbocycles. The Morgan fingerprint density at radius 3 is 2.57 bits per heavy atom. The summed E-state index contributed by atoms with van der Waals surface area (Å²) in [5, 5.41) is 5.50. The minimum Gasteiger partial charge on any atom is -0.345 e. The zero-order valence-corrected chi connectivity index (χ0v) is 14.0. The summed E-state index contributed by atoms with van der Waals surface area (Å²) in [6.07, 6.45) is 4.38. The molecular formula is C16H21BrN2O2. The van der Waals surface area contributed by atoms with E-state index in [0.717, 1.165) is 29.3 Å². The highest BCUT2D eigenvalue weighted by molar-refractivity contribution is 9.10. The molecule has 2 N–H and O–H groups in total. The quantitative estimate of drug-likeness (QED) is 0.801. The molecule has 1 aromatic carbocycles. The molecule has 0 saturated heterocycles. The largest absolute Gasteiger partial charge is 0.345 e. The van der Waals surface area contributed by atoms with Gasteiger partial charge in [-0.3, -0.25) is 9.59 Å². The number of hydrogen-bond donors (Lipinski definition) is 2. The maximum Gasteiger partial charge on any atom is 0.313 e. The molecule has 0 unspecified atom stereocenters. The van der Waals surface area contributed by atoms with Crippen LogP contribution in [-0.4, -0.2) is 17.9 Å². The smallest absolute Gasteiger partial charge is 0.313 e. The van der Waals surface area contributed by atoms with E-state index in [9.17, 15) is 9.59 Å². The van der Waals surface area contributed by atoms with Gasteiger partial charge in [0.2, 0.25) is 0 Å². The molecule has 1 aromatic rings. The van der Waals surface area contributed by atoms with Gasteiger partial charge in [0.05, 0.1) is 5.69 Å². The van der Waals surface area contributed by atoms with Crippen LogP contribution in [0, 0.1) is 12.8 Å². The number of anilines is 1. The molecule has 0 aromatic heterocycles. The zero-order chi connectivity index (χ0) is 15.4. The Bertz CT molecular complexity index is 545. The summed E-state index contributed by atoms with van der Waals surface area (Å²) in [5.74, 6) is -0.736. The first kappa shape index (κ1) is 16.0. The van der Waals surface area contributed by atoms with E-state index >= 15 is 0 Å². The predicted octanol–water partition coefficient (Wildman–Crippen LogP) is 3.39. The number of benzene rings is 1. The fourth-order valence-corrected chi connectivity index (χ4v) is 3.26. The molecule has 2 atom stereocenters. The average molecular weight is 353 g/mol. The molecule has 2 rings (SSSR count). The molecule has 0 bridgehead atoms. The van der Waals surface area contributed by atoms with E-state index < -0.39 is 11.8 Å². The molecule has 1 fully saturated rings. The van der Waals surface area contributed by atoms with Gasteiger partial charge in [-0.15, -0.1) is 0 Å². The molecule has 0 aliphatic heterocycles. The Kier molecular flexibility index (Phi) is 5.39. The maximum absolute atomic E-state index is 12.0. The number of rotatable bonds is 2. The first-order chi connectivity index (χ1) is 9.97. The van der Waals surface area contributed by atoms with Crippen LogP contribution in [0.15, 0.2) is 22.7 Å². The third-order valence-electron chi connectivity index (χ3n) is 4.01. The van der Waals surface area contributed by atoms with Crippen molar-refractivity contribution in [3.05, 3.63) is 28.2 Å². The summed E-state index contributed by atoms with van der Waals surface area (Å²) in [4.78, 5) is 24.0. The third-order valence-corrected chi connectivity index (χ3v) is 4.66. The second kappa shape index (κ2) is 7.07. The Morgan fingerprint density at radius 2 is 1.90 bits per heavy atom. The second-order valence-electron chi connectivity index (χ2n) is 5.78. The SMILES string of the molecule is Cc1ccc(NC(=O)C(=O)N[C@H]2CCCC[C@@H]2C)c(Br)c1. The summed E-state index contributed by atoms with van der Waals surface area (Å²) in [6, 6.07) is 5.69. The second-order valence-corrected chi connectivity index (χ2v) is 6.63. The Balaban J connectivity index is 1.94. The first-order valence-corrected chi connectivity index (χ1v) is 8.14. The van der Waals surface area contributed by atoms with E-state index in [1.165, 1.54) is 6.42 Å². The first-order valence-electron chi connectivity index (χ1n) is 7.35. The van der Waals surface area contributed by atoms with Gasteiger partial charge in [0, 0.05) is 10.5 Å². The lowest BCUT2D eigenvalue weighted by molar-refractivity contribution is -0.137. The van der Waals surface area contributed by atoms with E-state index in [4.69, 9.17) is 0 Å². The lowest BCUT2D eigenvalue weighted by Gasteiger charge is -2.29. The molecule has 0 heterocycles. The predicted molar refractivity (Wildman–Crippen MR) is 87.1 cm³/mol. The molecule has 5 heteroatoms. The van der Waals surface area contributed by atoms with Gasteiger partial charge < -0.3 is 10.6 Å². The van der Waals surface area contributed by atoms with Gasteiger partial charge in [-0.05, 0) is 59.3 Å². The van der Waals surface area contributed by atoms with Gasteiger partial charge in [0.15, 0.2) is 0 Å². The van der Waals surface area contributed by atoms with Gasteiger partial charge in [0.1, 0.15) is 0 Å². The van der Waals surface area contributed by atoms with Crippen molar-refractivity contribution >= 4 is 33.4 Å². The lowest BCUT2D eigenvalue weighted by Crippen LogP contribution is -2.45. The van der Waals surface area contributed by atoms with Crippen molar-refractivity contribution in [2.45, 2.75) is 45.6 Å². The minimum atomic E-state index is -0.614. The summed E-state index contributed by atoms with van der Waals surface area (Å²) in [5.41, 5.74) is 1.69. The Hall–Kier alpha value is -1.36. The molecule has 1 aliphatic rings. The van der Waals surface area contributed by atoms with Gasteiger partial charge in [0.25, 0.3) is 0 Å². The molecule has 2 amide bonds. The van der Waals surface area contributed by atoms with Crippen molar-refractivity contribution in [1.29, 1.82) is 0 Å². The van der Waals surface area contributed by atoms with Gasteiger partial charge in [-0.1, -0.05) is 25.8 Å². The monoisotopic (exact) mass is 352 g/mol. The lowest BCUT2D eigenvalue weighted by atomic mass is 9.86. The Labute approximate surface area is 133 Å². The fraction of sp³-hybridized carbons (Fsp3) is 0.500. The van der Waals surface area contributed by atoms with Gasteiger partial charge in [-0.25, -0.2) is 0 Å². The van der Waals surface area contributed by atoms with E-state index in [1.807, 2.05) is 19.1 Å². The van der Waals surface area contributed by atoms with E-state index in [0.29, 0.717) is 11.6 Å². The number of aryl methyl sites for hydroxylation is 1. The van der Waals surface area contributed by atoms with E-state index in [2.05, 4.69) is 33.5 Å². The highest BCUT2D eigenvalue weighted by Crippen LogP contribution is 2.24. The molecule has 4 nitrogen and oxygen atoms in total. The number of halogens is 1. The fourth-order valence-electron chi connectivity index (χ4n) is 2.67. The third kappa shape index (κ3) is 4.30. The minimum absolute atomic E-state index is 0.110. The summed E-state index contributed by atoms with van der Waals surface area (Å²) < 4.78 is 0.773. The van der Waals surface area contributed by atoms with Crippen LogP contribution in [0.5, 0.6) is 0 Å². The van der Waals surface area contributed by atoms with E-state index in [-0.39, 0.29) is 6.04 Å². The van der Waals surface area contributed by atoms with Crippen LogP contribution >= 0.6 is 15.9 Å². The van der Waals surface area contributed by atoms with Crippen molar-refractivity contribution in [2.24, 2.45) is 5.92 Å². The topological polar surface area (TPSA) is 58.2 Å². The number of amides is 2. The molecular weight excluding hydrogens is 332 g/mol. The number of carbonyl (C=O) groups is 2. The molecule has 1 aliphatic carbocycles.